The average molecular weight is 293 g/mol. The molecule has 4 heteroatoms. The molecule has 1 heterocycles. The Morgan fingerprint density at radius 2 is 1.95 bits per heavy atom. The number of carbonyl (C=O) groups is 1. The molecule has 0 atom stereocenters. The molecule has 2 aliphatic carbocycles. The fourth-order valence-electron chi connectivity index (χ4n) is 3.11. The molecule has 2 fully saturated rings. The maximum absolute atomic E-state index is 12.7. The van der Waals surface area contributed by atoms with Gasteiger partial charge in [0.25, 0.3) is 5.91 Å². The molecule has 3 nitrogen and oxygen atoms in total. The highest BCUT2D eigenvalue weighted by Crippen LogP contribution is 2.32. The summed E-state index contributed by atoms with van der Waals surface area (Å²) in [5.74, 6) is 0.730. The fraction of sp³-hybridized carbons (Fsp3) is 0.625. The largest absolute Gasteiger partial charge is 0.334 e. The average Bonchev–Trinajstić information content (AvgIpc) is 3.30. The van der Waals surface area contributed by atoms with Gasteiger partial charge in [0, 0.05) is 12.6 Å². The van der Waals surface area contributed by atoms with Crippen LogP contribution in [-0.2, 0) is 0 Å². The lowest BCUT2D eigenvalue weighted by Gasteiger charge is -2.29. The smallest absolute Gasteiger partial charge is 0.272 e. The molecule has 1 aromatic rings. The van der Waals surface area contributed by atoms with Gasteiger partial charge in [-0.1, -0.05) is 36.9 Å². The Labute approximate surface area is 125 Å². The van der Waals surface area contributed by atoms with Crippen LogP contribution in [0.1, 0.15) is 55.4 Å². The molecule has 0 radical (unpaired) electrons. The summed E-state index contributed by atoms with van der Waals surface area (Å²) in [6, 6.07) is 5.71. The number of carbonyl (C=O) groups excluding carboxylic acids is 1. The minimum absolute atomic E-state index is 0.0561. The second-order valence-electron chi connectivity index (χ2n) is 6.04. The summed E-state index contributed by atoms with van der Waals surface area (Å²) < 4.78 is 0. The van der Waals surface area contributed by atoms with Gasteiger partial charge in [-0.05, 0) is 43.7 Å². The molecule has 3 rings (SSSR count). The predicted octanol–water partition coefficient (Wildman–Crippen LogP) is 3.92. The summed E-state index contributed by atoms with van der Waals surface area (Å²) in [5.41, 5.74) is 0.486. The van der Waals surface area contributed by atoms with E-state index < -0.39 is 0 Å². The van der Waals surface area contributed by atoms with Crippen molar-refractivity contribution in [3.05, 3.63) is 29.0 Å². The standard InChI is InChI=1S/C16H21ClN2O/c17-15-8-4-7-14(18-15)16(20)19(13-9-10-13)11-12-5-2-1-3-6-12/h4,7-8,12-13H,1-3,5-6,9-11H2. The summed E-state index contributed by atoms with van der Waals surface area (Å²) in [6.07, 6.45) is 8.78. The number of pyridine rings is 1. The molecule has 2 saturated carbocycles. The van der Waals surface area contributed by atoms with Gasteiger partial charge in [0.1, 0.15) is 10.8 Å². The van der Waals surface area contributed by atoms with Crippen molar-refractivity contribution in [2.24, 2.45) is 5.92 Å². The van der Waals surface area contributed by atoms with Crippen LogP contribution in [0.15, 0.2) is 18.2 Å². The van der Waals surface area contributed by atoms with Gasteiger partial charge in [-0.3, -0.25) is 4.79 Å². The van der Waals surface area contributed by atoms with Crippen molar-refractivity contribution < 1.29 is 4.79 Å². The minimum atomic E-state index is 0.0561. The zero-order valence-corrected chi connectivity index (χ0v) is 12.5. The summed E-state index contributed by atoms with van der Waals surface area (Å²) in [4.78, 5) is 18.9. The van der Waals surface area contributed by atoms with Crippen LogP contribution < -0.4 is 0 Å². The third kappa shape index (κ3) is 3.32. The van der Waals surface area contributed by atoms with Crippen LogP contribution in [0.2, 0.25) is 5.15 Å². The van der Waals surface area contributed by atoms with Gasteiger partial charge in [0.15, 0.2) is 0 Å². The van der Waals surface area contributed by atoms with Gasteiger partial charge in [0.2, 0.25) is 0 Å². The molecule has 0 N–H and O–H groups in total. The van der Waals surface area contributed by atoms with Gasteiger partial charge in [-0.2, -0.15) is 0 Å². The predicted molar refractivity (Wildman–Crippen MR) is 79.9 cm³/mol. The van der Waals surface area contributed by atoms with E-state index in [1.54, 1.807) is 18.2 Å². The van der Waals surface area contributed by atoms with Crippen molar-refractivity contribution in [1.82, 2.24) is 9.88 Å². The molecule has 0 bridgehead atoms. The summed E-state index contributed by atoms with van der Waals surface area (Å²) in [7, 11) is 0. The fourth-order valence-corrected chi connectivity index (χ4v) is 3.27. The molecule has 1 amide bonds. The van der Waals surface area contributed by atoms with E-state index in [1.165, 1.54) is 32.1 Å². The molecular weight excluding hydrogens is 272 g/mol. The van der Waals surface area contributed by atoms with Crippen LogP contribution in [0, 0.1) is 5.92 Å². The van der Waals surface area contributed by atoms with Crippen LogP contribution in [0.5, 0.6) is 0 Å². The van der Waals surface area contributed by atoms with E-state index in [4.69, 9.17) is 11.6 Å². The first-order chi connectivity index (χ1) is 9.74. The Balaban J connectivity index is 1.71. The SMILES string of the molecule is O=C(c1cccc(Cl)n1)N(CC1CCCCC1)C1CC1. The zero-order valence-electron chi connectivity index (χ0n) is 11.7. The van der Waals surface area contributed by atoms with Crippen LogP contribution in [0.4, 0.5) is 0 Å². The van der Waals surface area contributed by atoms with Gasteiger partial charge >= 0.3 is 0 Å². The lowest BCUT2D eigenvalue weighted by Crippen LogP contribution is -2.38. The Kier molecular flexibility index (Phi) is 4.25. The lowest BCUT2D eigenvalue weighted by molar-refractivity contribution is 0.0693. The number of halogens is 1. The lowest BCUT2D eigenvalue weighted by atomic mass is 9.89. The monoisotopic (exact) mass is 292 g/mol. The van der Waals surface area contributed by atoms with Crippen molar-refractivity contribution >= 4 is 17.5 Å². The summed E-state index contributed by atoms with van der Waals surface area (Å²) in [6.45, 7) is 0.900. The quantitative estimate of drug-likeness (QED) is 0.788. The highest BCUT2D eigenvalue weighted by molar-refractivity contribution is 6.29. The first kappa shape index (κ1) is 13.9. The van der Waals surface area contributed by atoms with Crippen LogP contribution in [0.25, 0.3) is 0 Å². The Hall–Kier alpha value is -1.09. The molecule has 0 saturated heterocycles. The second kappa shape index (κ2) is 6.13. The molecule has 0 aliphatic heterocycles. The molecule has 108 valence electrons. The Morgan fingerprint density at radius 1 is 1.20 bits per heavy atom. The van der Waals surface area contributed by atoms with E-state index in [2.05, 4.69) is 9.88 Å². The van der Waals surface area contributed by atoms with Gasteiger partial charge in [-0.25, -0.2) is 4.98 Å². The maximum atomic E-state index is 12.7. The number of amides is 1. The van der Waals surface area contributed by atoms with Crippen molar-refractivity contribution in [1.29, 1.82) is 0 Å². The number of rotatable bonds is 4. The van der Waals surface area contributed by atoms with E-state index in [0.29, 0.717) is 22.8 Å². The number of hydrogen-bond acceptors (Lipinski definition) is 2. The van der Waals surface area contributed by atoms with E-state index in [0.717, 1.165) is 19.4 Å². The first-order valence-corrected chi connectivity index (χ1v) is 8.05. The Bertz CT molecular complexity index is 481. The summed E-state index contributed by atoms with van der Waals surface area (Å²) >= 11 is 5.90. The Morgan fingerprint density at radius 3 is 2.60 bits per heavy atom. The summed E-state index contributed by atoms with van der Waals surface area (Å²) in [5, 5.41) is 0.393. The number of aromatic nitrogens is 1. The molecule has 1 aromatic heterocycles. The highest BCUT2D eigenvalue weighted by atomic mass is 35.5. The molecule has 20 heavy (non-hydrogen) atoms. The van der Waals surface area contributed by atoms with E-state index in [-0.39, 0.29) is 5.91 Å². The van der Waals surface area contributed by atoms with Gasteiger partial charge < -0.3 is 4.90 Å². The van der Waals surface area contributed by atoms with Gasteiger partial charge in [0.05, 0.1) is 0 Å². The molecule has 2 aliphatic rings. The van der Waals surface area contributed by atoms with Gasteiger partial charge in [-0.15, -0.1) is 0 Å². The van der Waals surface area contributed by atoms with Crippen LogP contribution >= 0.6 is 11.6 Å². The third-order valence-corrected chi connectivity index (χ3v) is 4.57. The topological polar surface area (TPSA) is 33.2 Å². The molecule has 0 unspecified atom stereocenters. The molecular formula is C16H21ClN2O. The van der Waals surface area contributed by atoms with Crippen molar-refractivity contribution in [3.63, 3.8) is 0 Å². The number of nitrogens with zero attached hydrogens (tertiary/aromatic N) is 2. The van der Waals surface area contributed by atoms with Crippen molar-refractivity contribution in [3.8, 4) is 0 Å². The van der Waals surface area contributed by atoms with E-state index >= 15 is 0 Å². The first-order valence-electron chi connectivity index (χ1n) is 7.67. The number of hydrogen-bond donors (Lipinski definition) is 0. The maximum Gasteiger partial charge on any atom is 0.272 e. The van der Waals surface area contributed by atoms with Crippen molar-refractivity contribution in [2.45, 2.75) is 51.0 Å². The second-order valence-corrected chi connectivity index (χ2v) is 6.43. The van der Waals surface area contributed by atoms with E-state index in [1.807, 2.05) is 0 Å². The van der Waals surface area contributed by atoms with Crippen molar-refractivity contribution in [2.75, 3.05) is 6.54 Å². The van der Waals surface area contributed by atoms with Crippen LogP contribution in [-0.4, -0.2) is 28.4 Å². The minimum Gasteiger partial charge on any atom is -0.334 e. The third-order valence-electron chi connectivity index (χ3n) is 4.36. The molecule has 0 spiro atoms. The zero-order chi connectivity index (χ0) is 13.9. The van der Waals surface area contributed by atoms with E-state index in [9.17, 15) is 4.79 Å². The van der Waals surface area contributed by atoms with Crippen LogP contribution in [0.3, 0.4) is 0 Å². The molecule has 0 aromatic carbocycles. The highest BCUT2D eigenvalue weighted by Gasteiger charge is 2.35. The normalized spacial score (nSPS) is 19.9.